The summed E-state index contributed by atoms with van der Waals surface area (Å²) in [5, 5.41) is 1.45. The molecule has 0 radical (unpaired) electrons. The topological polar surface area (TPSA) is 67.1 Å². The van der Waals surface area contributed by atoms with E-state index in [2.05, 4.69) is 64.1 Å². The van der Waals surface area contributed by atoms with Crippen molar-refractivity contribution in [3.63, 3.8) is 0 Å². The monoisotopic (exact) mass is 582 g/mol. The highest BCUT2D eigenvalue weighted by Gasteiger charge is 2.32. The zero-order valence-corrected chi connectivity index (χ0v) is 25.9. The summed E-state index contributed by atoms with van der Waals surface area (Å²) in [6, 6.07) is 18.1. The molecule has 1 unspecified atom stereocenters. The summed E-state index contributed by atoms with van der Waals surface area (Å²) in [5.41, 5.74) is 1.18. The van der Waals surface area contributed by atoms with E-state index in [1.165, 1.54) is 37.3 Å². The van der Waals surface area contributed by atoms with Crippen LogP contribution in [0.2, 0.25) is 0 Å². The first-order valence-electron chi connectivity index (χ1n) is 15.0. The van der Waals surface area contributed by atoms with Crippen LogP contribution in [0.1, 0.15) is 71.3 Å². The van der Waals surface area contributed by atoms with E-state index in [1.807, 2.05) is 23.9 Å². The van der Waals surface area contributed by atoms with Gasteiger partial charge in [0, 0.05) is 16.1 Å². The summed E-state index contributed by atoms with van der Waals surface area (Å²) in [4.78, 5) is 13.3. The lowest BCUT2D eigenvalue weighted by Crippen LogP contribution is -2.35. The Morgan fingerprint density at radius 3 is 2.29 bits per heavy atom. The number of benzene rings is 2. The Morgan fingerprint density at radius 1 is 0.902 bits per heavy atom. The molecule has 1 aliphatic rings. The van der Waals surface area contributed by atoms with Gasteiger partial charge in [-0.25, -0.2) is 4.79 Å². The summed E-state index contributed by atoms with van der Waals surface area (Å²) in [7, 11) is 0. The Balaban J connectivity index is 1.13. The van der Waals surface area contributed by atoms with Crippen LogP contribution in [-0.2, 0) is 14.2 Å². The Morgan fingerprint density at radius 2 is 1.59 bits per heavy atom. The molecule has 0 bridgehead atoms. The van der Waals surface area contributed by atoms with Crippen molar-refractivity contribution in [2.75, 3.05) is 39.6 Å². The van der Waals surface area contributed by atoms with E-state index < -0.39 is 5.63 Å². The van der Waals surface area contributed by atoms with Gasteiger partial charge in [-0.3, -0.25) is 0 Å². The second-order valence-electron chi connectivity index (χ2n) is 11.7. The average molecular weight is 583 g/mol. The highest BCUT2D eigenvalue weighted by Crippen LogP contribution is 2.37. The second kappa shape index (κ2) is 15.8. The number of ether oxygens (including phenoxy) is 4. The molecule has 2 aromatic carbocycles. The molecule has 1 atom stereocenters. The Bertz CT molecular complexity index is 1250. The highest BCUT2D eigenvalue weighted by atomic mass is 32.2. The molecule has 0 amide bonds. The predicted octanol–water partition coefficient (Wildman–Crippen LogP) is 7.86. The van der Waals surface area contributed by atoms with Crippen LogP contribution >= 0.6 is 11.8 Å². The van der Waals surface area contributed by atoms with Crippen LogP contribution in [-0.4, -0.2) is 50.5 Å². The summed E-state index contributed by atoms with van der Waals surface area (Å²) in [6.45, 7) is 11.6. The SMILES string of the molecule is CC(C)CC(c1ccccc1)C(C)(C)OCCOCCOCCOc1cc(=O)oc2cc(SC3CCCC3)ccc12. The van der Waals surface area contributed by atoms with Gasteiger partial charge < -0.3 is 23.4 Å². The Kier molecular flexibility index (Phi) is 12.2. The Hall–Kier alpha value is -2.32. The molecular formula is C34H46O6S. The molecule has 0 aliphatic heterocycles. The molecule has 0 saturated heterocycles. The van der Waals surface area contributed by atoms with E-state index in [0.29, 0.717) is 68.1 Å². The van der Waals surface area contributed by atoms with Gasteiger partial charge in [0.15, 0.2) is 0 Å². The molecule has 0 spiro atoms. The first kappa shape index (κ1) is 31.6. The molecule has 1 heterocycles. The van der Waals surface area contributed by atoms with Crippen molar-refractivity contribution in [1.29, 1.82) is 0 Å². The molecule has 41 heavy (non-hydrogen) atoms. The summed E-state index contributed by atoms with van der Waals surface area (Å²) >= 11 is 1.87. The van der Waals surface area contributed by atoms with Crippen LogP contribution in [0.15, 0.2) is 68.7 Å². The third-order valence-electron chi connectivity index (χ3n) is 7.59. The fourth-order valence-corrected chi connectivity index (χ4v) is 6.76. The van der Waals surface area contributed by atoms with E-state index in [4.69, 9.17) is 23.4 Å². The van der Waals surface area contributed by atoms with Crippen molar-refractivity contribution >= 4 is 22.7 Å². The van der Waals surface area contributed by atoms with Gasteiger partial charge in [-0.2, -0.15) is 0 Å². The van der Waals surface area contributed by atoms with Crippen molar-refractivity contribution in [1.82, 2.24) is 0 Å². The van der Waals surface area contributed by atoms with Crippen LogP contribution in [0.4, 0.5) is 0 Å². The van der Waals surface area contributed by atoms with Crippen LogP contribution in [0.25, 0.3) is 11.0 Å². The quantitative estimate of drug-likeness (QED) is 0.119. The summed E-state index contributed by atoms with van der Waals surface area (Å²) in [5.74, 6) is 1.43. The lowest BCUT2D eigenvalue weighted by atomic mass is 9.79. The van der Waals surface area contributed by atoms with Gasteiger partial charge in [0.05, 0.1) is 50.1 Å². The van der Waals surface area contributed by atoms with E-state index in [1.54, 1.807) is 0 Å². The first-order chi connectivity index (χ1) is 19.8. The minimum Gasteiger partial charge on any atom is -0.490 e. The van der Waals surface area contributed by atoms with Gasteiger partial charge in [0.2, 0.25) is 0 Å². The van der Waals surface area contributed by atoms with Crippen LogP contribution in [0, 0.1) is 5.92 Å². The molecule has 1 aliphatic carbocycles. The van der Waals surface area contributed by atoms with Crippen molar-refractivity contribution in [2.24, 2.45) is 5.92 Å². The first-order valence-corrected chi connectivity index (χ1v) is 15.9. The minimum atomic E-state index is -0.408. The van der Waals surface area contributed by atoms with E-state index >= 15 is 0 Å². The lowest BCUT2D eigenvalue weighted by molar-refractivity contribution is -0.0691. The Labute approximate surface area is 249 Å². The molecule has 224 valence electrons. The van der Waals surface area contributed by atoms with Crippen molar-refractivity contribution in [3.8, 4) is 5.75 Å². The maximum absolute atomic E-state index is 12.1. The molecule has 1 aromatic heterocycles. The molecule has 1 fully saturated rings. The third-order valence-corrected chi connectivity index (χ3v) is 8.92. The van der Waals surface area contributed by atoms with Gasteiger partial charge in [-0.15, -0.1) is 11.8 Å². The average Bonchev–Trinajstić information content (AvgIpc) is 3.45. The second-order valence-corrected chi connectivity index (χ2v) is 13.1. The number of rotatable bonds is 17. The highest BCUT2D eigenvalue weighted by molar-refractivity contribution is 8.00. The van der Waals surface area contributed by atoms with Gasteiger partial charge >= 0.3 is 5.63 Å². The maximum atomic E-state index is 12.1. The van der Waals surface area contributed by atoms with E-state index in [9.17, 15) is 4.79 Å². The standard InChI is InChI=1S/C34H46O6S/c1-25(2)22-30(26-10-6-5-7-11-26)34(3,4)39-21-19-37-17-16-36-18-20-38-31-24-33(35)40-32-23-28(14-15-29(31)32)41-27-12-8-9-13-27/h5-7,10-11,14-15,23-25,27,30H,8-9,12-13,16-22H2,1-4H3. The van der Waals surface area contributed by atoms with Crippen LogP contribution in [0.3, 0.4) is 0 Å². The van der Waals surface area contributed by atoms with Gasteiger partial charge in [-0.05, 0) is 62.8 Å². The molecule has 1 saturated carbocycles. The molecule has 3 aromatic rings. The van der Waals surface area contributed by atoms with Crippen molar-refractivity contribution in [2.45, 2.75) is 81.5 Å². The fraction of sp³-hybridized carbons (Fsp3) is 0.559. The number of hydrogen-bond donors (Lipinski definition) is 0. The minimum absolute atomic E-state index is 0.294. The fourth-order valence-electron chi connectivity index (χ4n) is 5.48. The van der Waals surface area contributed by atoms with Gasteiger partial charge in [0.25, 0.3) is 0 Å². The van der Waals surface area contributed by atoms with E-state index in [0.717, 1.165) is 16.7 Å². The predicted molar refractivity (Wildman–Crippen MR) is 166 cm³/mol. The normalized spacial score (nSPS) is 15.1. The van der Waals surface area contributed by atoms with Gasteiger partial charge in [-0.1, -0.05) is 57.0 Å². The number of thioether (sulfide) groups is 1. The van der Waals surface area contributed by atoms with Crippen molar-refractivity contribution < 1.29 is 23.4 Å². The lowest BCUT2D eigenvalue weighted by Gasteiger charge is -2.36. The third kappa shape index (κ3) is 9.88. The van der Waals surface area contributed by atoms with Crippen molar-refractivity contribution in [3.05, 3.63) is 70.6 Å². The van der Waals surface area contributed by atoms with Gasteiger partial charge in [0.1, 0.15) is 17.9 Å². The van der Waals surface area contributed by atoms with E-state index in [-0.39, 0.29) is 5.60 Å². The number of fused-ring (bicyclic) bond motifs is 1. The molecule has 7 heteroatoms. The van der Waals surface area contributed by atoms with Crippen LogP contribution < -0.4 is 10.4 Å². The zero-order valence-electron chi connectivity index (χ0n) is 25.1. The molecule has 0 N–H and O–H groups in total. The smallest absolute Gasteiger partial charge is 0.339 e. The molecule has 4 rings (SSSR count). The molecular weight excluding hydrogens is 536 g/mol. The van der Waals surface area contributed by atoms with Crippen LogP contribution in [0.5, 0.6) is 5.75 Å². The maximum Gasteiger partial charge on any atom is 0.339 e. The summed E-state index contributed by atoms with van der Waals surface area (Å²) in [6.07, 6.45) is 6.17. The zero-order chi connectivity index (χ0) is 29.1. The number of hydrogen-bond acceptors (Lipinski definition) is 7. The largest absolute Gasteiger partial charge is 0.490 e. The summed E-state index contributed by atoms with van der Waals surface area (Å²) < 4.78 is 29.1. The molecule has 6 nitrogen and oxygen atoms in total.